The Morgan fingerprint density at radius 2 is 2.33 bits per heavy atom. The van der Waals surface area contributed by atoms with Gasteiger partial charge in [-0.15, -0.1) is 11.8 Å². The molecule has 4 nitrogen and oxygen atoms in total. The van der Waals surface area contributed by atoms with Crippen molar-refractivity contribution in [2.45, 2.75) is 11.3 Å². The summed E-state index contributed by atoms with van der Waals surface area (Å²) in [4.78, 5) is 13.9. The predicted molar refractivity (Wildman–Crippen MR) is 69.4 cm³/mol. The van der Waals surface area contributed by atoms with Gasteiger partial charge >= 0.3 is 0 Å². The normalized spacial score (nSPS) is 9.83. The molecule has 0 aromatic heterocycles. The molecule has 0 fully saturated rings. The van der Waals surface area contributed by atoms with Crippen molar-refractivity contribution in [2.24, 2.45) is 0 Å². The number of halogens is 1. The fraction of sp³-hybridized carbons (Fsp3) is 0.333. The first-order chi connectivity index (χ1) is 8.54. The monoisotopic (exact) mass is 267 g/mol. The maximum absolute atomic E-state index is 12.8. The van der Waals surface area contributed by atoms with Crippen LogP contribution in [0.2, 0.25) is 0 Å². The van der Waals surface area contributed by atoms with Crippen molar-refractivity contribution >= 4 is 23.4 Å². The van der Waals surface area contributed by atoms with E-state index < -0.39 is 5.82 Å². The molecule has 0 aliphatic heterocycles. The molecule has 0 heterocycles. The molecule has 0 aliphatic rings. The van der Waals surface area contributed by atoms with E-state index in [0.29, 0.717) is 23.5 Å². The largest absolute Gasteiger partial charge is 0.398 e. The first-order valence-electron chi connectivity index (χ1n) is 5.33. The number of nitrogen functional groups attached to an aromatic ring is 1. The molecule has 1 aromatic rings. The van der Waals surface area contributed by atoms with Crippen LogP contribution in [0.25, 0.3) is 0 Å². The van der Waals surface area contributed by atoms with Crippen LogP contribution in [0.4, 0.5) is 10.1 Å². The second-order valence-corrected chi connectivity index (χ2v) is 4.71. The van der Waals surface area contributed by atoms with Gasteiger partial charge in [-0.25, -0.2) is 4.39 Å². The molecule has 0 bridgehead atoms. The molecule has 0 atom stereocenters. The van der Waals surface area contributed by atoms with Crippen molar-refractivity contribution in [1.29, 1.82) is 5.26 Å². The van der Waals surface area contributed by atoms with Crippen LogP contribution in [-0.4, -0.2) is 30.2 Å². The van der Waals surface area contributed by atoms with Crippen LogP contribution in [0.1, 0.15) is 6.42 Å². The quantitative estimate of drug-likeness (QED) is 0.653. The summed E-state index contributed by atoms with van der Waals surface area (Å²) in [5.41, 5.74) is 5.96. The van der Waals surface area contributed by atoms with Crippen molar-refractivity contribution in [3.8, 4) is 6.07 Å². The Morgan fingerprint density at radius 3 is 2.94 bits per heavy atom. The summed E-state index contributed by atoms with van der Waals surface area (Å²) in [6.07, 6.45) is 0.311. The van der Waals surface area contributed by atoms with Crippen molar-refractivity contribution in [1.82, 2.24) is 4.90 Å². The van der Waals surface area contributed by atoms with Crippen LogP contribution in [-0.2, 0) is 4.79 Å². The topological polar surface area (TPSA) is 70.1 Å². The Labute approximate surface area is 110 Å². The maximum Gasteiger partial charge on any atom is 0.232 e. The summed E-state index contributed by atoms with van der Waals surface area (Å²) in [6.45, 7) is 0.412. The SMILES string of the molecule is CN(CCC#N)C(=O)CSc1ccc(F)cc1N. The van der Waals surface area contributed by atoms with E-state index in [0.717, 1.165) is 0 Å². The summed E-state index contributed by atoms with van der Waals surface area (Å²) >= 11 is 1.26. The molecule has 0 unspecified atom stereocenters. The molecule has 1 rings (SSSR count). The highest BCUT2D eigenvalue weighted by Gasteiger charge is 2.10. The molecule has 0 radical (unpaired) electrons. The lowest BCUT2D eigenvalue weighted by Gasteiger charge is -2.15. The third kappa shape index (κ3) is 4.26. The summed E-state index contributed by atoms with van der Waals surface area (Å²) in [7, 11) is 1.65. The molecule has 96 valence electrons. The lowest BCUT2D eigenvalue weighted by atomic mass is 10.3. The Morgan fingerprint density at radius 1 is 1.61 bits per heavy atom. The van der Waals surface area contributed by atoms with Gasteiger partial charge in [0.1, 0.15) is 5.82 Å². The number of thioether (sulfide) groups is 1. The molecular formula is C12H14FN3OS. The zero-order valence-electron chi connectivity index (χ0n) is 10.0. The lowest BCUT2D eigenvalue weighted by molar-refractivity contribution is -0.127. The second kappa shape index (κ2) is 6.87. The molecule has 2 N–H and O–H groups in total. The fourth-order valence-corrected chi connectivity index (χ4v) is 2.13. The van der Waals surface area contributed by atoms with Crippen LogP contribution >= 0.6 is 11.8 Å². The highest BCUT2D eigenvalue weighted by Crippen LogP contribution is 2.25. The van der Waals surface area contributed by atoms with Gasteiger partial charge in [-0.2, -0.15) is 5.26 Å². The highest BCUT2D eigenvalue weighted by atomic mass is 32.2. The summed E-state index contributed by atoms with van der Waals surface area (Å²) < 4.78 is 12.8. The number of nitrogens with two attached hydrogens (primary N) is 1. The third-order valence-electron chi connectivity index (χ3n) is 2.31. The molecule has 1 aromatic carbocycles. The second-order valence-electron chi connectivity index (χ2n) is 3.69. The molecule has 0 spiro atoms. The van der Waals surface area contributed by atoms with Gasteiger partial charge in [0.25, 0.3) is 0 Å². The van der Waals surface area contributed by atoms with Crippen LogP contribution in [0.5, 0.6) is 0 Å². The highest BCUT2D eigenvalue weighted by molar-refractivity contribution is 8.00. The van der Waals surface area contributed by atoms with Crippen molar-refractivity contribution in [3.05, 3.63) is 24.0 Å². The zero-order valence-corrected chi connectivity index (χ0v) is 10.8. The molecule has 0 aliphatic carbocycles. The Hall–Kier alpha value is -1.74. The van der Waals surface area contributed by atoms with E-state index in [1.54, 1.807) is 13.1 Å². The van der Waals surface area contributed by atoms with E-state index in [1.165, 1.54) is 28.8 Å². The first-order valence-corrected chi connectivity index (χ1v) is 6.32. The van der Waals surface area contributed by atoms with Crippen LogP contribution in [0.3, 0.4) is 0 Å². The minimum Gasteiger partial charge on any atom is -0.398 e. The number of nitriles is 1. The number of carbonyl (C=O) groups is 1. The van der Waals surface area contributed by atoms with Crippen LogP contribution < -0.4 is 5.73 Å². The number of anilines is 1. The zero-order chi connectivity index (χ0) is 13.5. The minimum absolute atomic E-state index is 0.0843. The summed E-state index contributed by atoms with van der Waals surface area (Å²) in [5, 5.41) is 8.42. The Bertz CT molecular complexity index is 473. The fourth-order valence-electron chi connectivity index (χ4n) is 1.24. The van der Waals surface area contributed by atoms with Crippen LogP contribution in [0, 0.1) is 17.1 Å². The van der Waals surface area contributed by atoms with Gasteiger partial charge in [0.2, 0.25) is 5.91 Å². The van der Waals surface area contributed by atoms with Gasteiger partial charge < -0.3 is 10.6 Å². The molecule has 0 saturated heterocycles. The number of nitrogens with zero attached hydrogens (tertiary/aromatic N) is 2. The van der Waals surface area contributed by atoms with Crippen LogP contribution in [0.15, 0.2) is 23.1 Å². The first kappa shape index (κ1) is 14.3. The van der Waals surface area contributed by atoms with E-state index in [2.05, 4.69) is 0 Å². The number of benzene rings is 1. The standard InChI is InChI=1S/C12H14FN3OS/c1-16(6-2-5-14)12(17)8-18-11-4-3-9(13)7-10(11)15/h3-4,7H,2,6,8,15H2,1H3. The summed E-state index contributed by atoms with van der Waals surface area (Å²) in [5.74, 6) is -0.258. The number of rotatable bonds is 5. The van der Waals surface area contributed by atoms with E-state index >= 15 is 0 Å². The van der Waals surface area contributed by atoms with E-state index in [-0.39, 0.29) is 11.7 Å². The van der Waals surface area contributed by atoms with Gasteiger partial charge in [-0.1, -0.05) is 0 Å². The predicted octanol–water partition coefficient (Wildman–Crippen LogP) is 1.87. The Balaban J connectivity index is 2.50. The average Bonchev–Trinajstić information content (AvgIpc) is 2.34. The molecule has 1 amide bonds. The van der Waals surface area contributed by atoms with Crippen molar-refractivity contribution in [2.75, 3.05) is 25.1 Å². The number of hydrogen-bond acceptors (Lipinski definition) is 4. The average molecular weight is 267 g/mol. The van der Waals surface area contributed by atoms with Gasteiger partial charge in [0.05, 0.1) is 18.2 Å². The number of carbonyl (C=O) groups excluding carboxylic acids is 1. The molecular weight excluding hydrogens is 253 g/mol. The Kier molecular flexibility index (Phi) is 5.46. The summed E-state index contributed by atoms with van der Waals surface area (Å²) in [6, 6.07) is 6.07. The van der Waals surface area contributed by atoms with Gasteiger partial charge in [0, 0.05) is 24.2 Å². The number of hydrogen-bond donors (Lipinski definition) is 1. The van der Waals surface area contributed by atoms with Crippen molar-refractivity contribution < 1.29 is 9.18 Å². The molecule has 0 saturated carbocycles. The minimum atomic E-state index is -0.394. The molecule has 18 heavy (non-hydrogen) atoms. The third-order valence-corrected chi connectivity index (χ3v) is 3.38. The van der Waals surface area contributed by atoms with Gasteiger partial charge in [-0.3, -0.25) is 4.79 Å². The van der Waals surface area contributed by atoms with E-state index in [1.807, 2.05) is 6.07 Å². The smallest absolute Gasteiger partial charge is 0.232 e. The lowest BCUT2D eigenvalue weighted by Crippen LogP contribution is -2.29. The van der Waals surface area contributed by atoms with E-state index in [9.17, 15) is 9.18 Å². The molecule has 6 heteroatoms. The van der Waals surface area contributed by atoms with Gasteiger partial charge in [-0.05, 0) is 18.2 Å². The van der Waals surface area contributed by atoms with Crippen molar-refractivity contribution in [3.63, 3.8) is 0 Å². The maximum atomic E-state index is 12.8. The number of amides is 1. The van der Waals surface area contributed by atoms with Gasteiger partial charge in [0.15, 0.2) is 0 Å². The van der Waals surface area contributed by atoms with E-state index in [4.69, 9.17) is 11.0 Å².